The zero-order chi connectivity index (χ0) is 12.6. The third kappa shape index (κ3) is 2.29. The molecule has 1 amide bonds. The molecule has 96 valence electrons. The molecule has 0 bridgehead atoms. The van der Waals surface area contributed by atoms with Gasteiger partial charge in [-0.2, -0.15) is 0 Å². The molecule has 5 heteroatoms. The summed E-state index contributed by atoms with van der Waals surface area (Å²) in [5.74, 6) is -1.99. The molecule has 1 heterocycles. The van der Waals surface area contributed by atoms with Gasteiger partial charge in [-0.3, -0.25) is 9.59 Å². The van der Waals surface area contributed by atoms with Gasteiger partial charge in [-0.25, -0.2) is 0 Å². The van der Waals surface area contributed by atoms with Crippen molar-refractivity contribution >= 4 is 11.9 Å². The zero-order valence-electron chi connectivity index (χ0n) is 10.2. The van der Waals surface area contributed by atoms with Gasteiger partial charge >= 0.3 is 5.97 Å². The average molecular weight is 241 g/mol. The molecule has 0 radical (unpaired) electrons. The van der Waals surface area contributed by atoms with Crippen molar-refractivity contribution in [3.05, 3.63) is 0 Å². The molecular weight excluding hydrogens is 222 g/mol. The van der Waals surface area contributed by atoms with Gasteiger partial charge in [0.15, 0.2) is 0 Å². The SMILES string of the molecule is CC1(C)C(C(=O)O)C1C(=O)NCC1CCCO1. The van der Waals surface area contributed by atoms with E-state index in [1.54, 1.807) is 0 Å². The first-order chi connectivity index (χ1) is 7.94. The van der Waals surface area contributed by atoms with E-state index in [9.17, 15) is 9.59 Å². The quantitative estimate of drug-likeness (QED) is 0.757. The van der Waals surface area contributed by atoms with Crippen molar-refractivity contribution in [2.75, 3.05) is 13.2 Å². The predicted molar refractivity (Wildman–Crippen MR) is 60.4 cm³/mol. The number of hydrogen-bond donors (Lipinski definition) is 2. The largest absolute Gasteiger partial charge is 0.481 e. The minimum Gasteiger partial charge on any atom is -0.481 e. The van der Waals surface area contributed by atoms with E-state index in [1.165, 1.54) is 0 Å². The van der Waals surface area contributed by atoms with Crippen molar-refractivity contribution < 1.29 is 19.4 Å². The lowest BCUT2D eigenvalue weighted by atomic mass is 10.1. The Balaban J connectivity index is 1.82. The van der Waals surface area contributed by atoms with Crippen LogP contribution in [-0.4, -0.2) is 36.2 Å². The van der Waals surface area contributed by atoms with E-state index in [0.29, 0.717) is 6.54 Å². The van der Waals surface area contributed by atoms with Crippen molar-refractivity contribution in [3.8, 4) is 0 Å². The molecule has 0 aromatic heterocycles. The second kappa shape index (κ2) is 4.29. The molecule has 3 atom stereocenters. The lowest BCUT2D eigenvalue weighted by Crippen LogP contribution is -2.34. The fourth-order valence-corrected chi connectivity index (χ4v) is 2.72. The molecule has 5 nitrogen and oxygen atoms in total. The number of carbonyl (C=O) groups is 2. The van der Waals surface area contributed by atoms with Crippen LogP contribution in [0.5, 0.6) is 0 Å². The maximum atomic E-state index is 11.9. The lowest BCUT2D eigenvalue weighted by Gasteiger charge is -2.11. The van der Waals surface area contributed by atoms with Gasteiger partial charge in [-0.05, 0) is 18.3 Å². The summed E-state index contributed by atoms with van der Waals surface area (Å²) in [4.78, 5) is 22.8. The number of rotatable bonds is 4. The van der Waals surface area contributed by atoms with Crippen LogP contribution in [0.15, 0.2) is 0 Å². The molecule has 1 aliphatic carbocycles. The summed E-state index contributed by atoms with van der Waals surface area (Å²) in [5.41, 5.74) is -0.424. The van der Waals surface area contributed by atoms with Crippen molar-refractivity contribution in [2.45, 2.75) is 32.8 Å². The van der Waals surface area contributed by atoms with Gasteiger partial charge in [-0.15, -0.1) is 0 Å². The highest BCUT2D eigenvalue weighted by Gasteiger charge is 2.65. The van der Waals surface area contributed by atoms with Crippen LogP contribution in [-0.2, 0) is 14.3 Å². The average Bonchev–Trinajstić information content (AvgIpc) is 2.65. The van der Waals surface area contributed by atoms with Gasteiger partial charge in [0, 0.05) is 13.2 Å². The number of aliphatic carboxylic acids is 1. The zero-order valence-corrected chi connectivity index (χ0v) is 10.2. The van der Waals surface area contributed by atoms with Gasteiger partial charge in [0.25, 0.3) is 0 Å². The van der Waals surface area contributed by atoms with E-state index in [4.69, 9.17) is 9.84 Å². The number of amides is 1. The Labute approximate surface area is 101 Å². The summed E-state index contributed by atoms with van der Waals surface area (Å²) in [7, 11) is 0. The van der Waals surface area contributed by atoms with Crippen LogP contribution in [0.3, 0.4) is 0 Å². The van der Waals surface area contributed by atoms with Crippen LogP contribution >= 0.6 is 0 Å². The predicted octanol–water partition coefficient (Wildman–Crippen LogP) is 0.638. The summed E-state index contributed by atoms with van der Waals surface area (Å²) in [6.07, 6.45) is 2.10. The fourth-order valence-electron chi connectivity index (χ4n) is 2.72. The van der Waals surface area contributed by atoms with Crippen LogP contribution in [0.2, 0.25) is 0 Å². The Morgan fingerprint density at radius 1 is 1.41 bits per heavy atom. The minimum atomic E-state index is -0.882. The topological polar surface area (TPSA) is 75.6 Å². The van der Waals surface area contributed by atoms with Crippen molar-refractivity contribution in [1.29, 1.82) is 0 Å². The van der Waals surface area contributed by atoms with E-state index in [-0.39, 0.29) is 12.0 Å². The van der Waals surface area contributed by atoms with Crippen LogP contribution in [0.25, 0.3) is 0 Å². The second-order valence-corrected chi connectivity index (χ2v) is 5.50. The molecule has 2 N–H and O–H groups in total. The van der Waals surface area contributed by atoms with Gasteiger partial charge in [0.2, 0.25) is 5.91 Å². The summed E-state index contributed by atoms with van der Waals surface area (Å²) >= 11 is 0. The van der Waals surface area contributed by atoms with E-state index < -0.39 is 23.2 Å². The van der Waals surface area contributed by atoms with E-state index in [0.717, 1.165) is 19.4 Å². The van der Waals surface area contributed by atoms with Crippen LogP contribution in [0.1, 0.15) is 26.7 Å². The van der Waals surface area contributed by atoms with Crippen LogP contribution < -0.4 is 5.32 Å². The maximum Gasteiger partial charge on any atom is 0.307 e. The normalized spacial score (nSPS) is 34.4. The summed E-state index contributed by atoms with van der Waals surface area (Å²) in [6, 6.07) is 0. The molecule has 0 aromatic carbocycles. The molecule has 1 saturated carbocycles. The first-order valence-electron chi connectivity index (χ1n) is 6.06. The number of nitrogens with one attached hydrogen (secondary N) is 1. The molecule has 2 rings (SSSR count). The number of carbonyl (C=O) groups excluding carboxylic acids is 1. The van der Waals surface area contributed by atoms with E-state index in [2.05, 4.69) is 5.32 Å². The van der Waals surface area contributed by atoms with Crippen molar-refractivity contribution in [3.63, 3.8) is 0 Å². The van der Waals surface area contributed by atoms with Gasteiger partial charge in [-0.1, -0.05) is 13.8 Å². The Bertz CT molecular complexity index is 333. The molecule has 0 aromatic rings. The third-order valence-electron chi connectivity index (χ3n) is 3.90. The number of carboxylic acid groups (broad SMARTS) is 1. The summed E-state index contributed by atoms with van der Waals surface area (Å²) in [5, 5.41) is 11.8. The Morgan fingerprint density at radius 3 is 2.59 bits per heavy atom. The Hall–Kier alpha value is -1.10. The summed E-state index contributed by atoms with van der Waals surface area (Å²) < 4.78 is 5.40. The van der Waals surface area contributed by atoms with Crippen molar-refractivity contribution in [2.24, 2.45) is 17.3 Å². The smallest absolute Gasteiger partial charge is 0.307 e. The number of hydrogen-bond acceptors (Lipinski definition) is 3. The molecule has 2 aliphatic rings. The summed E-state index contributed by atoms with van der Waals surface area (Å²) in [6.45, 7) is 4.90. The van der Waals surface area contributed by atoms with Crippen LogP contribution in [0, 0.1) is 17.3 Å². The Kier molecular flexibility index (Phi) is 3.12. The monoisotopic (exact) mass is 241 g/mol. The molecule has 2 fully saturated rings. The molecule has 1 aliphatic heterocycles. The van der Waals surface area contributed by atoms with E-state index in [1.807, 2.05) is 13.8 Å². The molecule has 17 heavy (non-hydrogen) atoms. The molecule has 0 spiro atoms. The lowest BCUT2D eigenvalue weighted by molar-refractivity contribution is -0.140. The molecule has 3 unspecified atom stereocenters. The highest BCUT2D eigenvalue weighted by molar-refractivity contribution is 5.91. The molecule has 1 saturated heterocycles. The standard InChI is InChI=1S/C12H19NO4/c1-12(2)8(9(12)11(15)16)10(14)13-6-7-4-3-5-17-7/h7-9H,3-6H2,1-2H3,(H,13,14)(H,15,16). The van der Waals surface area contributed by atoms with Gasteiger partial charge in [0.05, 0.1) is 17.9 Å². The fraction of sp³-hybridized carbons (Fsp3) is 0.833. The second-order valence-electron chi connectivity index (χ2n) is 5.50. The maximum absolute atomic E-state index is 11.9. The van der Waals surface area contributed by atoms with Gasteiger partial charge < -0.3 is 15.2 Å². The van der Waals surface area contributed by atoms with Crippen molar-refractivity contribution in [1.82, 2.24) is 5.32 Å². The first-order valence-corrected chi connectivity index (χ1v) is 6.06. The first kappa shape index (κ1) is 12.4. The highest BCUT2D eigenvalue weighted by Crippen LogP contribution is 2.58. The van der Waals surface area contributed by atoms with Gasteiger partial charge in [0.1, 0.15) is 0 Å². The van der Waals surface area contributed by atoms with Crippen LogP contribution in [0.4, 0.5) is 0 Å². The number of carboxylic acids is 1. The number of ether oxygens (including phenoxy) is 1. The third-order valence-corrected chi connectivity index (χ3v) is 3.90. The van der Waals surface area contributed by atoms with E-state index >= 15 is 0 Å². The highest BCUT2D eigenvalue weighted by atomic mass is 16.5. The molecular formula is C12H19NO4. The minimum absolute atomic E-state index is 0.101. The Morgan fingerprint density at radius 2 is 2.12 bits per heavy atom.